The smallest absolute Gasteiger partial charge is 0.260 e. The predicted octanol–water partition coefficient (Wildman–Crippen LogP) is 4.68. The molecule has 3 aromatic carbocycles. The molecule has 1 amide bonds. The summed E-state index contributed by atoms with van der Waals surface area (Å²) in [6.07, 6.45) is 0. The molecule has 0 aliphatic rings. The molecule has 0 radical (unpaired) electrons. The lowest BCUT2D eigenvalue weighted by Crippen LogP contribution is -2.13. The van der Waals surface area contributed by atoms with E-state index in [4.69, 9.17) is 18.7 Å². The summed E-state index contributed by atoms with van der Waals surface area (Å²) in [5.41, 5.74) is 2.35. The monoisotopic (exact) mass is 431 g/mol. The molecule has 0 spiro atoms. The highest BCUT2D eigenvalue weighted by Crippen LogP contribution is 2.31. The summed E-state index contributed by atoms with van der Waals surface area (Å²) in [6.45, 7) is 0. The summed E-state index contributed by atoms with van der Waals surface area (Å²) in [5.74, 6) is 2.16. The quantitative estimate of drug-likeness (QED) is 0.454. The highest BCUT2D eigenvalue weighted by molar-refractivity contribution is 6.06. The Balaban J connectivity index is 1.60. The van der Waals surface area contributed by atoms with E-state index in [9.17, 15) is 4.79 Å². The number of nitrogens with zero attached hydrogens (tertiary/aromatic N) is 2. The summed E-state index contributed by atoms with van der Waals surface area (Å²) in [6, 6.07) is 19.5. The zero-order chi connectivity index (χ0) is 22.5. The minimum absolute atomic E-state index is 0.291. The first-order valence-electron chi connectivity index (χ1n) is 9.74. The van der Waals surface area contributed by atoms with Crippen LogP contribution in [0.15, 0.2) is 71.3 Å². The molecule has 162 valence electrons. The fraction of sp³-hybridized carbons (Fsp3) is 0.125. The lowest BCUT2D eigenvalue weighted by atomic mass is 10.1. The maximum absolute atomic E-state index is 12.9. The SMILES string of the molecule is COc1ccc(-c2noc(-c3ccccc3NC(=O)c3ccc(OC)c(OC)c3)n2)cc1. The van der Waals surface area contributed by atoms with E-state index in [1.54, 1.807) is 44.6 Å². The minimum Gasteiger partial charge on any atom is -0.497 e. The first-order valence-corrected chi connectivity index (χ1v) is 9.74. The molecule has 0 atom stereocenters. The molecule has 0 aliphatic carbocycles. The van der Waals surface area contributed by atoms with E-state index in [1.165, 1.54) is 7.11 Å². The first-order chi connectivity index (χ1) is 15.6. The maximum Gasteiger partial charge on any atom is 0.260 e. The van der Waals surface area contributed by atoms with Crippen LogP contribution in [0.1, 0.15) is 10.4 Å². The number of amides is 1. The fourth-order valence-corrected chi connectivity index (χ4v) is 3.14. The van der Waals surface area contributed by atoms with Crippen LogP contribution in [0.5, 0.6) is 17.2 Å². The zero-order valence-electron chi connectivity index (χ0n) is 17.8. The number of aromatic nitrogens is 2. The van der Waals surface area contributed by atoms with Crippen molar-refractivity contribution in [1.82, 2.24) is 10.1 Å². The van der Waals surface area contributed by atoms with E-state index in [0.29, 0.717) is 40.0 Å². The van der Waals surface area contributed by atoms with Gasteiger partial charge in [-0.3, -0.25) is 4.79 Å². The Bertz CT molecular complexity index is 1230. The molecule has 8 nitrogen and oxygen atoms in total. The van der Waals surface area contributed by atoms with Crippen LogP contribution in [-0.2, 0) is 0 Å². The second kappa shape index (κ2) is 9.22. The molecule has 4 rings (SSSR count). The van der Waals surface area contributed by atoms with E-state index in [2.05, 4.69) is 15.5 Å². The maximum atomic E-state index is 12.9. The van der Waals surface area contributed by atoms with E-state index < -0.39 is 0 Å². The topological polar surface area (TPSA) is 95.7 Å². The molecular weight excluding hydrogens is 410 g/mol. The molecular formula is C24H21N3O5. The highest BCUT2D eigenvalue weighted by Gasteiger charge is 2.17. The van der Waals surface area contributed by atoms with Crippen LogP contribution in [0.4, 0.5) is 5.69 Å². The molecule has 1 aromatic heterocycles. The normalized spacial score (nSPS) is 10.5. The second-order valence-electron chi connectivity index (χ2n) is 6.72. The number of hydrogen-bond donors (Lipinski definition) is 1. The van der Waals surface area contributed by atoms with Gasteiger partial charge in [-0.2, -0.15) is 4.98 Å². The lowest BCUT2D eigenvalue weighted by Gasteiger charge is -2.11. The third-order valence-electron chi connectivity index (χ3n) is 4.83. The number of anilines is 1. The Kier molecular flexibility index (Phi) is 6.03. The van der Waals surface area contributed by atoms with Gasteiger partial charge >= 0.3 is 0 Å². The van der Waals surface area contributed by atoms with Crippen molar-refractivity contribution in [2.24, 2.45) is 0 Å². The summed E-state index contributed by atoms with van der Waals surface area (Å²) in [5, 5.41) is 6.97. The lowest BCUT2D eigenvalue weighted by molar-refractivity contribution is 0.102. The molecule has 0 saturated heterocycles. The van der Waals surface area contributed by atoms with Gasteiger partial charge in [0, 0.05) is 11.1 Å². The predicted molar refractivity (Wildman–Crippen MR) is 119 cm³/mol. The van der Waals surface area contributed by atoms with E-state index in [1.807, 2.05) is 36.4 Å². The van der Waals surface area contributed by atoms with Crippen molar-refractivity contribution >= 4 is 11.6 Å². The van der Waals surface area contributed by atoms with Gasteiger partial charge in [-0.15, -0.1) is 0 Å². The minimum atomic E-state index is -0.312. The Morgan fingerprint density at radius 1 is 0.875 bits per heavy atom. The number of ether oxygens (including phenoxy) is 3. The molecule has 1 heterocycles. The molecule has 32 heavy (non-hydrogen) atoms. The summed E-state index contributed by atoms with van der Waals surface area (Å²) in [4.78, 5) is 17.4. The standard InChI is InChI=1S/C24H21N3O5/c1-29-17-11-8-15(9-12-17)22-26-24(32-27-22)18-6-4-5-7-19(18)25-23(28)16-10-13-20(30-2)21(14-16)31-3/h4-14H,1-3H3,(H,25,28). The van der Waals surface area contributed by atoms with Crippen molar-refractivity contribution in [3.8, 4) is 40.1 Å². The van der Waals surface area contributed by atoms with E-state index >= 15 is 0 Å². The molecule has 4 aromatic rings. The summed E-state index contributed by atoms with van der Waals surface area (Å²) in [7, 11) is 4.66. The molecule has 0 unspecified atom stereocenters. The molecule has 0 saturated carbocycles. The first kappa shape index (κ1) is 20.9. The average molecular weight is 431 g/mol. The number of carbonyl (C=O) groups is 1. The van der Waals surface area contributed by atoms with Crippen molar-refractivity contribution in [2.75, 3.05) is 26.6 Å². The van der Waals surface area contributed by atoms with Crippen molar-refractivity contribution in [1.29, 1.82) is 0 Å². The van der Waals surface area contributed by atoms with E-state index in [-0.39, 0.29) is 5.91 Å². The Hall–Kier alpha value is -4.33. The molecule has 8 heteroatoms. The van der Waals surface area contributed by atoms with Crippen LogP contribution >= 0.6 is 0 Å². The van der Waals surface area contributed by atoms with Crippen LogP contribution in [-0.4, -0.2) is 37.4 Å². The number of para-hydroxylation sites is 1. The van der Waals surface area contributed by atoms with Gasteiger partial charge < -0.3 is 24.1 Å². The molecule has 1 N–H and O–H groups in total. The van der Waals surface area contributed by atoms with Gasteiger partial charge in [-0.05, 0) is 54.6 Å². The van der Waals surface area contributed by atoms with Crippen LogP contribution in [0.25, 0.3) is 22.8 Å². The third-order valence-corrected chi connectivity index (χ3v) is 4.83. The Labute approximate surface area is 184 Å². The van der Waals surface area contributed by atoms with Crippen molar-refractivity contribution < 1.29 is 23.5 Å². The second-order valence-corrected chi connectivity index (χ2v) is 6.72. The van der Waals surface area contributed by atoms with Gasteiger partial charge in [0.2, 0.25) is 5.82 Å². The van der Waals surface area contributed by atoms with Crippen molar-refractivity contribution in [3.63, 3.8) is 0 Å². The van der Waals surface area contributed by atoms with Gasteiger partial charge in [-0.1, -0.05) is 17.3 Å². The number of hydrogen-bond acceptors (Lipinski definition) is 7. The fourth-order valence-electron chi connectivity index (χ4n) is 3.14. The van der Waals surface area contributed by atoms with Crippen molar-refractivity contribution in [2.45, 2.75) is 0 Å². The average Bonchev–Trinajstić information content (AvgIpc) is 3.34. The van der Waals surface area contributed by atoms with Gasteiger partial charge in [0.15, 0.2) is 11.5 Å². The number of carbonyl (C=O) groups excluding carboxylic acids is 1. The Morgan fingerprint density at radius 2 is 1.62 bits per heavy atom. The van der Waals surface area contributed by atoms with Crippen molar-refractivity contribution in [3.05, 3.63) is 72.3 Å². The van der Waals surface area contributed by atoms with Crippen LogP contribution in [0.2, 0.25) is 0 Å². The van der Waals surface area contributed by atoms with Crippen LogP contribution in [0, 0.1) is 0 Å². The molecule has 0 fully saturated rings. The third kappa shape index (κ3) is 4.24. The molecule has 0 bridgehead atoms. The number of rotatable bonds is 7. The Morgan fingerprint density at radius 3 is 2.34 bits per heavy atom. The number of nitrogens with one attached hydrogen (secondary N) is 1. The summed E-state index contributed by atoms with van der Waals surface area (Å²) >= 11 is 0. The van der Waals surface area contributed by atoms with Crippen LogP contribution < -0.4 is 19.5 Å². The largest absolute Gasteiger partial charge is 0.497 e. The number of benzene rings is 3. The van der Waals surface area contributed by atoms with Crippen LogP contribution in [0.3, 0.4) is 0 Å². The van der Waals surface area contributed by atoms with Gasteiger partial charge in [-0.25, -0.2) is 0 Å². The summed E-state index contributed by atoms with van der Waals surface area (Å²) < 4.78 is 21.2. The highest BCUT2D eigenvalue weighted by atomic mass is 16.5. The van der Waals surface area contributed by atoms with Gasteiger partial charge in [0.05, 0.1) is 32.6 Å². The van der Waals surface area contributed by atoms with Gasteiger partial charge in [0.1, 0.15) is 5.75 Å². The van der Waals surface area contributed by atoms with Gasteiger partial charge in [0.25, 0.3) is 11.8 Å². The number of methoxy groups -OCH3 is 3. The van der Waals surface area contributed by atoms with E-state index in [0.717, 1.165) is 11.3 Å². The zero-order valence-corrected chi connectivity index (χ0v) is 17.8. The molecule has 0 aliphatic heterocycles.